The van der Waals surface area contributed by atoms with Crippen LogP contribution in [0.15, 0.2) is 61.2 Å². The van der Waals surface area contributed by atoms with E-state index in [1.54, 1.807) is 24.3 Å². The van der Waals surface area contributed by atoms with Crippen LogP contribution in [-0.2, 0) is 0 Å². The van der Waals surface area contributed by atoms with Crippen LogP contribution < -0.4 is 10.1 Å². The van der Waals surface area contributed by atoms with E-state index in [0.29, 0.717) is 17.5 Å². The zero-order chi connectivity index (χ0) is 16.7. The fourth-order valence-corrected chi connectivity index (χ4v) is 1.84. The monoisotopic (exact) mass is 311 g/mol. The van der Waals surface area contributed by atoms with E-state index in [4.69, 9.17) is 4.74 Å². The Morgan fingerprint density at radius 3 is 2.61 bits per heavy atom. The highest BCUT2D eigenvalue weighted by Crippen LogP contribution is 2.22. The van der Waals surface area contributed by atoms with E-state index in [9.17, 15) is 4.39 Å². The summed E-state index contributed by atoms with van der Waals surface area (Å²) in [6.45, 7) is 5.71. The molecule has 0 unspecified atom stereocenters. The minimum absolute atomic E-state index is 0.292. The lowest BCUT2D eigenvalue weighted by molar-refractivity contribution is 0.396. The van der Waals surface area contributed by atoms with Crippen molar-refractivity contribution in [1.29, 1.82) is 0 Å². The van der Waals surface area contributed by atoms with E-state index in [-0.39, 0.29) is 5.82 Å². The number of allylic oxidation sites excluding steroid dienone is 5. The van der Waals surface area contributed by atoms with Crippen LogP contribution in [0, 0.1) is 5.82 Å². The quantitative estimate of drug-likeness (QED) is 0.797. The average molecular weight is 311 g/mol. The molecule has 0 bridgehead atoms. The van der Waals surface area contributed by atoms with Gasteiger partial charge < -0.3 is 10.1 Å². The number of hydrogen-bond donors (Lipinski definition) is 1. The minimum Gasteiger partial charge on any atom is -0.481 e. The Morgan fingerprint density at radius 1 is 1.26 bits per heavy atom. The lowest BCUT2D eigenvalue weighted by Crippen LogP contribution is -2.01. The van der Waals surface area contributed by atoms with Crippen molar-refractivity contribution in [3.05, 3.63) is 72.9 Å². The number of benzene rings is 1. The van der Waals surface area contributed by atoms with Crippen molar-refractivity contribution in [3.8, 4) is 5.88 Å². The molecule has 2 rings (SSSR count). The van der Waals surface area contributed by atoms with Crippen LogP contribution in [0.25, 0.3) is 5.57 Å². The zero-order valence-electron chi connectivity index (χ0n) is 13.1. The molecule has 1 N–H and O–H groups in total. The highest BCUT2D eigenvalue weighted by molar-refractivity contribution is 5.72. The number of anilines is 2. The van der Waals surface area contributed by atoms with Crippen LogP contribution >= 0.6 is 0 Å². The van der Waals surface area contributed by atoms with Gasteiger partial charge in [-0.25, -0.2) is 9.37 Å². The van der Waals surface area contributed by atoms with Crippen LogP contribution in [0.2, 0.25) is 0 Å². The van der Waals surface area contributed by atoms with Crippen molar-refractivity contribution < 1.29 is 9.13 Å². The molecule has 0 fully saturated rings. The molecule has 0 aliphatic carbocycles. The highest BCUT2D eigenvalue weighted by atomic mass is 19.1. The second-order valence-corrected chi connectivity index (χ2v) is 4.60. The Labute approximate surface area is 135 Å². The third-order valence-electron chi connectivity index (χ3n) is 2.97. The molecule has 2 aromatic rings. The molecule has 0 aliphatic heterocycles. The summed E-state index contributed by atoms with van der Waals surface area (Å²) in [6.07, 6.45) is 7.33. The fraction of sp³-hybridized carbons (Fsp3) is 0.111. The lowest BCUT2D eigenvalue weighted by atomic mass is 10.2. The Hall–Kier alpha value is -2.95. The molecule has 1 aromatic heterocycles. The first-order valence-electron chi connectivity index (χ1n) is 7.07. The average Bonchev–Trinajstić information content (AvgIpc) is 2.57. The maximum absolute atomic E-state index is 13.0. The first-order valence-corrected chi connectivity index (χ1v) is 7.07. The molecule has 0 spiro atoms. The van der Waals surface area contributed by atoms with Crippen molar-refractivity contribution in [2.75, 3.05) is 12.4 Å². The number of methoxy groups -OCH3 is 1. The molecule has 118 valence electrons. The summed E-state index contributed by atoms with van der Waals surface area (Å²) in [5.41, 5.74) is 1.49. The first kappa shape index (κ1) is 16.4. The van der Waals surface area contributed by atoms with Crippen molar-refractivity contribution in [3.63, 3.8) is 0 Å². The van der Waals surface area contributed by atoms with Gasteiger partial charge in [0, 0.05) is 17.3 Å². The molecule has 0 radical (unpaired) electrons. The Morgan fingerprint density at radius 2 is 2.00 bits per heavy atom. The number of nitrogens with one attached hydrogen (secondary N) is 1. The predicted molar refractivity (Wildman–Crippen MR) is 91.3 cm³/mol. The molecule has 5 heteroatoms. The van der Waals surface area contributed by atoms with Crippen molar-refractivity contribution in [1.82, 2.24) is 9.97 Å². The predicted octanol–water partition coefficient (Wildman–Crippen LogP) is 4.51. The molecule has 1 aromatic carbocycles. The number of ether oxygens (including phenoxy) is 1. The molecule has 4 nitrogen and oxygen atoms in total. The van der Waals surface area contributed by atoms with E-state index in [0.717, 1.165) is 11.3 Å². The second kappa shape index (κ2) is 7.89. The minimum atomic E-state index is -0.292. The van der Waals surface area contributed by atoms with Crippen LogP contribution in [0.4, 0.5) is 15.9 Å². The van der Waals surface area contributed by atoms with Gasteiger partial charge in [-0.15, -0.1) is 0 Å². The zero-order valence-corrected chi connectivity index (χ0v) is 13.1. The third kappa shape index (κ3) is 4.51. The number of halogens is 1. The van der Waals surface area contributed by atoms with Crippen molar-refractivity contribution in [2.24, 2.45) is 0 Å². The number of aromatic nitrogens is 2. The fourth-order valence-electron chi connectivity index (χ4n) is 1.84. The molecular weight excluding hydrogens is 293 g/mol. The van der Waals surface area contributed by atoms with Crippen molar-refractivity contribution in [2.45, 2.75) is 6.92 Å². The number of nitrogens with zero attached hydrogens (tertiary/aromatic N) is 2. The van der Waals surface area contributed by atoms with Crippen LogP contribution in [0.5, 0.6) is 5.88 Å². The van der Waals surface area contributed by atoms with Gasteiger partial charge in [-0.2, -0.15) is 4.98 Å². The van der Waals surface area contributed by atoms with Crippen molar-refractivity contribution >= 4 is 17.1 Å². The molecule has 0 aliphatic rings. The standard InChI is InChI=1S/C18H18FN3O/c1-4-6-7-13(5-2)18-21-16(12-17(22-18)23-3)20-15-10-8-14(19)9-11-15/h4-12H,2H2,1,3H3,(H,20,21,22)/b6-4-,13-7+. The van der Waals surface area contributed by atoms with Gasteiger partial charge in [-0.1, -0.05) is 30.9 Å². The summed E-state index contributed by atoms with van der Waals surface area (Å²) in [5.74, 6) is 1.17. The van der Waals surface area contributed by atoms with Crippen LogP contribution in [-0.4, -0.2) is 17.1 Å². The topological polar surface area (TPSA) is 47.0 Å². The Bertz CT molecular complexity index is 736. The van der Waals surface area contributed by atoms with Gasteiger partial charge in [0.2, 0.25) is 5.88 Å². The highest BCUT2D eigenvalue weighted by Gasteiger charge is 2.08. The smallest absolute Gasteiger partial charge is 0.218 e. The summed E-state index contributed by atoms with van der Waals surface area (Å²) in [4.78, 5) is 8.78. The third-order valence-corrected chi connectivity index (χ3v) is 2.97. The Kier molecular flexibility index (Phi) is 5.63. The van der Waals surface area contributed by atoms with Gasteiger partial charge in [0.05, 0.1) is 7.11 Å². The van der Waals surface area contributed by atoms with E-state index >= 15 is 0 Å². The summed E-state index contributed by atoms with van der Waals surface area (Å²) >= 11 is 0. The van der Waals surface area contributed by atoms with Gasteiger partial charge in [0.15, 0.2) is 5.82 Å². The first-order chi connectivity index (χ1) is 11.2. The largest absolute Gasteiger partial charge is 0.481 e. The SMILES string of the molecule is C=C/C(=C\C=C/C)c1nc(Nc2ccc(F)cc2)cc(OC)n1. The molecule has 0 amide bonds. The molecule has 23 heavy (non-hydrogen) atoms. The normalized spacial score (nSPS) is 11.5. The molecular formula is C18H18FN3O. The van der Waals surface area contributed by atoms with E-state index < -0.39 is 0 Å². The molecule has 1 heterocycles. The maximum atomic E-state index is 13.0. The van der Waals surface area contributed by atoms with Crippen LogP contribution in [0.1, 0.15) is 12.7 Å². The summed E-state index contributed by atoms with van der Waals surface area (Å²) in [6, 6.07) is 7.69. The summed E-state index contributed by atoms with van der Waals surface area (Å²) in [5, 5.41) is 3.10. The van der Waals surface area contributed by atoms with Gasteiger partial charge in [0.1, 0.15) is 11.6 Å². The summed E-state index contributed by atoms with van der Waals surface area (Å²) < 4.78 is 18.2. The van der Waals surface area contributed by atoms with Crippen LogP contribution in [0.3, 0.4) is 0 Å². The number of hydrogen-bond acceptors (Lipinski definition) is 4. The lowest BCUT2D eigenvalue weighted by Gasteiger charge is -2.10. The van der Waals surface area contributed by atoms with Gasteiger partial charge in [-0.3, -0.25) is 0 Å². The second-order valence-electron chi connectivity index (χ2n) is 4.60. The van der Waals surface area contributed by atoms with Gasteiger partial charge in [0.25, 0.3) is 0 Å². The Balaban J connectivity index is 2.38. The van der Waals surface area contributed by atoms with E-state index in [1.807, 2.05) is 25.2 Å². The van der Waals surface area contributed by atoms with E-state index in [2.05, 4.69) is 21.9 Å². The maximum Gasteiger partial charge on any atom is 0.218 e. The molecule has 0 saturated carbocycles. The number of rotatable bonds is 6. The molecule has 0 saturated heterocycles. The van der Waals surface area contributed by atoms with Gasteiger partial charge >= 0.3 is 0 Å². The van der Waals surface area contributed by atoms with E-state index in [1.165, 1.54) is 19.2 Å². The van der Waals surface area contributed by atoms with Gasteiger partial charge in [-0.05, 0) is 31.2 Å². The summed E-state index contributed by atoms with van der Waals surface area (Å²) in [7, 11) is 1.54. The molecule has 0 atom stereocenters.